The van der Waals surface area contributed by atoms with Gasteiger partial charge in [-0.15, -0.1) is 0 Å². The number of carbonyl (C=O) groups is 1. The number of hydrogen-bond donors (Lipinski definition) is 1. The fourth-order valence-electron chi connectivity index (χ4n) is 2.13. The highest BCUT2D eigenvalue weighted by Crippen LogP contribution is 2.26. The van der Waals surface area contributed by atoms with Crippen LogP contribution in [0, 0.1) is 13.8 Å². The number of carbonyl (C=O) groups excluding carboxylic acids is 1. The molecule has 0 saturated carbocycles. The van der Waals surface area contributed by atoms with Gasteiger partial charge >= 0.3 is 12.3 Å². The second kappa shape index (κ2) is 8.28. The maximum Gasteiger partial charge on any atom is 0.340 e. The number of nitrogens with one attached hydrogen (secondary N) is 1. The normalized spacial score (nSPS) is 12.7. The van der Waals surface area contributed by atoms with Gasteiger partial charge in [0, 0.05) is 17.5 Å². The number of hydrogen-bond acceptors (Lipinski definition) is 5. The second-order valence-electron chi connectivity index (χ2n) is 5.98. The van der Waals surface area contributed by atoms with E-state index in [2.05, 4.69) is 20.3 Å². The number of aromatic nitrogens is 3. The van der Waals surface area contributed by atoms with Gasteiger partial charge in [-0.05, 0) is 38.5 Å². The van der Waals surface area contributed by atoms with Crippen LogP contribution < -0.4 is 10.1 Å². The van der Waals surface area contributed by atoms with Gasteiger partial charge in [-0.3, -0.25) is 4.79 Å². The van der Waals surface area contributed by atoms with E-state index in [0.29, 0.717) is 16.8 Å². The molecular formula is C17H18F4N4O2. The molecule has 1 unspecified atom stereocenters. The molecule has 0 aliphatic heterocycles. The molecular weight excluding hydrogens is 368 g/mol. The van der Waals surface area contributed by atoms with Crippen LogP contribution in [0.15, 0.2) is 24.7 Å². The minimum absolute atomic E-state index is 0.177. The third kappa shape index (κ3) is 5.35. The van der Waals surface area contributed by atoms with Crippen molar-refractivity contribution >= 4 is 5.91 Å². The summed E-state index contributed by atoms with van der Waals surface area (Å²) in [6.07, 6.45) is -1.22. The molecule has 146 valence electrons. The summed E-state index contributed by atoms with van der Waals surface area (Å²) in [4.78, 5) is 23.9. The zero-order chi connectivity index (χ0) is 20.2. The fourth-order valence-corrected chi connectivity index (χ4v) is 2.13. The Morgan fingerprint density at radius 3 is 2.52 bits per heavy atom. The fraction of sp³-hybridized carbons (Fsp3) is 0.412. The third-order valence-electron chi connectivity index (χ3n) is 3.66. The summed E-state index contributed by atoms with van der Waals surface area (Å²) in [6, 6.07) is 2.64. The van der Waals surface area contributed by atoms with Crippen molar-refractivity contribution in [2.24, 2.45) is 0 Å². The van der Waals surface area contributed by atoms with Crippen LogP contribution in [-0.4, -0.2) is 39.8 Å². The lowest BCUT2D eigenvalue weighted by atomic mass is 10.1. The predicted octanol–water partition coefficient (Wildman–Crippen LogP) is 3.26. The lowest BCUT2D eigenvalue weighted by Gasteiger charge is -2.18. The molecule has 6 nitrogen and oxygen atoms in total. The van der Waals surface area contributed by atoms with E-state index < -0.39 is 30.9 Å². The van der Waals surface area contributed by atoms with Crippen LogP contribution in [-0.2, 0) is 0 Å². The van der Waals surface area contributed by atoms with Crippen LogP contribution in [0.1, 0.15) is 40.3 Å². The molecule has 27 heavy (non-hydrogen) atoms. The first kappa shape index (κ1) is 20.5. The molecule has 1 N–H and O–H groups in total. The van der Waals surface area contributed by atoms with E-state index in [-0.39, 0.29) is 11.6 Å². The molecule has 2 aromatic rings. The van der Waals surface area contributed by atoms with Crippen LogP contribution in [0.25, 0.3) is 0 Å². The van der Waals surface area contributed by atoms with E-state index in [1.807, 2.05) is 0 Å². The standard InChI is InChI=1S/C17H18F4N4O2/c1-9-4-12(6-22-15(9)27-7-17(20,21)16(18)19)11(3)25-14(26)13-5-10(2)23-8-24-13/h4-6,8,11,16H,7H2,1-3H3,(H,25,26). The van der Waals surface area contributed by atoms with Crippen molar-refractivity contribution in [3.63, 3.8) is 0 Å². The van der Waals surface area contributed by atoms with Crippen molar-refractivity contribution in [1.29, 1.82) is 0 Å². The van der Waals surface area contributed by atoms with Crippen molar-refractivity contribution in [2.45, 2.75) is 39.2 Å². The van der Waals surface area contributed by atoms with E-state index in [1.54, 1.807) is 19.9 Å². The minimum atomic E-state index is -4.26. The van der Waals surface area contributed by atoms with Crippen LogP contribution in [0.5, 0.6) is 5.88 Å². The molecule has 2 heterocycles. The summed E-state index contributed by atoms with van der Waals surface area (Å²) in [5.41, 5.74) is 1.80. The van der Waals surface area contributed by atoms with E-state index in [1.165, 1.54) is 25.5 Å². The molecule has 0 aliphatic rings. The van der Waals surface area contributed by atoms with Crippen LogP contribution in [0.3, 0.4) is 0 Å². The molecule has 10 heteroatoms. The lowest BCUT2D eigenvalue weighted by molar-refractivity contribution is -0.148. The van der Waals surface area contributed by atoms with E-state index in [4.69, 9.17) is 4.74 Å². The molecule has 2 aromatic heterocycles. The first-order chi connectivity index (χ1) is 12.6. The van der Waals surface area contributed by atoms with E-state index in [9.17, 15) is 22.4 Å². The topological polar surface area (TPSA) is 77.0 Å². The zero-order valence-electron chi connectivity index (χ0n) is 14.8. The molecule has 1 atom stereocenters. The van der Waals surface area contributed by atoms with E-state index >= 15 is 0 Å². The molecule has 2 rings (SSSR count). The number of rotatable bonds is 7. The van der Waals surface area contributed by atoms with Crippen molar-refractivity contribution in [3.05, 3.63) is 47.2 Å². The quantitative estimate of drug-likeness (QED) is 0.739. The number of aryl methyl sites for hydroxylation is 2. The lowest BCUT2D eigenvalue weighted by Crippen LogP contribution is -2.34. The molecule has 0 spiro atoms. The van der Waals surface area contributed by atoms with Crippen LogP contribution in [0.4, 0.5) is 17.6 Å². The minimum Gasteiger partial charge on any atom is -0.471 e. The Labute approximate surface area is 153 Å². The van der Waals surface area contributed by atoms with Crippen LogP contribution in [0.2, 0.25) is 0 Å². The molecule has 0 bridgehead atoms. The number of alkyl halides is 4. The Bertz CT molecular complexity index is 817. The molecule has 0 aromatic carbocycles. The van der Waals surface area contributed by atoms with Gasteiger partial charge in [0.25, 0.3) is 5.91 Å². The SMILES string of the molecule is Cc1cc(C(=O)NC(C)c2cnc(OCC(F)(F)C(F)F)c(C)c2)ncn1. The molecule has 0 fully saturated rings. The first-order valence-electron chi connectivity index (χ1n) is 7.95. The summed E-state index contributed by atoms with van der Waals surface area (Å²) < 4.78 is 54.9. The van der Waals surface area contributed by atoms with Crippen LogP contribution >= 0.6 is 0 Å². The molecule has 0 radical (unpaired) electrons. The Kier molecular flexibility index (Phi) is 6.29. The van der Waals surface area contributed by atoms with Gasteiger partial charge in [-0.2, -0.15) is 8.78 Å². The molecule has 1 amide bonds. The van der Waals surface area contributed by atoms with Gasteiger partial charge in [-0.25, -0.2) is 23.7 Å². The molecule has 0 aliphatic carbocycles. The van der Waals surface area contributed by atoms with Gasteiger partial charge in [0.15, 0.2) is 6.61 Å². The second-order valence-corrected chi connectivity index (χ2v) is 5.98. The van der Waals surface area contributed by atoms with E-state index in [0.717, 1.165) is 0 Å². The number of ether oxygens (including phenoxy) is 1. The highest BCUT2D eigenvalue weighted by molar-refractivity contribution is 5.92. The van der Waals surface area contributed by atoms with Gasteiger partial charge in [-0.1, -0.05) is 0 Å². The smallest absolute Gasteiger partial charge is 0.340 e. The highest BCUT2D eigenvalue weighted by atomic mass is 19.3. The molecule has 0 saturated heterocycles. The summed E-state index contributed by atoms with van der Waals surface area (Å²) in [6.45, 7) is 3.49. The maximum atomic E-state index is 12.9. The van der Waals surface area contributed by atoms with Gasteiger partial charge < -0.3 is 10.1 Å². The zero-order valence-corrected chi connectivity index (χ0v) is 14.8. The van der Waals surface area contributed by atoms with Crippen molar-refractivity contribution in [3.8, 4) is 5.88 Å². The van der Waals surface area contributed by atoms with Gasteiger partial charge in [0.1, 0.15) is 12.0 Å². The Balaban J connectivity index is 2.04. The Hall–Kier alpha value is -2.78. The summed E-state index contributed by atoms with van der Waals surface area (Å²) >= 11 is 0. The highest BCUT2D eigenvalue weighted by Gasteiger charge is 2.42. The summed E-state index contributed by atoms with van der Waals surface area (Å²) in [5.74, 6) is -4.85. The number of amides is 1. The van der Waals surface area contributed by atoms with Crippen molar-refractivity contribution < 1.29 is 27.1 Å². The van der Waals surface area contributed by atoms with Gasteiger partial charge in [0.05, 0.1) is 6.04 Å². The Morgan fingerprint density at radius 1 is 1.22 bits per heavy atom. The average Bonchev–Trinajstić information content (AvgIpc) is 2.60. The predicted molar refractivity (Wildman–Crippen MR) is 88.1 cm³/mol. The maximum absolute atomic E-state index is 12.9. The Morgan fingerprint density at radius 2 is 1.93 bits per heavy atom. The average molecular weight is 386 g/mol. The number of nitrogens with zero attached hydrogens (tertiary/aromatic N) is 3. The van der Waals surface area contributed by atoms with Crippen molar-refractivity contribution in [2.75, 3.05) is 6.61 Å². The largest absolute Gasteiger partial charge is 0.471 e. The number of pyridine rings is 1. The first-order valence-corrected chi connectivity index (χ1v) is 7.95. The van der Waals surface area contributed by atoms with Gasteiger partial charge in [0.2, 0.25) is 5.88 Å². The number of halogens is 4. The summed E-state index contributed by atoms with van der Waals surface area (Å²) in [7, 11) is 0. The third-order valence-corrected chi connectivity index (χ3v) is 3.66. The van der Waals surface area contributed by atoms with Crippen molar-refractivity contribution in [1.82, 2.24) is 20.3 Å². The monoisotopic (exact) mass is 386 g/mol. The summed E-state index contributed by atoms with van der Waals surface area (Å²) in [5, 5.41) is 2.73.